The van der Waals surface area contributed by atoms with Crippen LogP contribution in [0.3, 0.4) is 0 Å². The molecule has 74 valence electrons. The van der Waals surface area contributed by atoms with Crippen LogP contribution in [0, 0.1) is 12.3 Å². The molecule has 1 atom stereocenters. The first kappa shape index (κ1) is 12.0. The Morgan fingerprint density at radius 1 is 1.46 bits per heavy atom. The molecule has 0 spiro atoms. The van der Waals surface area contributed by atoms with Crippen LogP contribution in [0.2, 0.25) is 0 Å². The molecule has 0 aromatic heterocycles. The second-order valence-electron chi connectivity index (χ2n) is 2.75. The smallest absolute Gasteiger partial charge is 0.297 e. The molecule has 0 saturated heterocycles. The zero-order valence-corrected chi connectivity index (χ0v) is 8.21. The molecule has 0 aromatic carbocycles. The summed E-state index contributed by atoms with van der Waals surface area (Å²) in [7, 11) is 0. The molecule has 0 aliphatic carbocycles. The van der Waals surface area contributed by atoms with Crippen molar-refractivity contribution in [1.82, 2.24) is 0 Å². The van der Waals surface area contributed by atoms with E-state index < -0.39 is 6.10 Å². The van der Waals surface area contributed by atoms with Crippen LogP contribution in [0.15, 0.2) is 0 Å². The molecule has 3 heteroatoms. The summed E-state index contributed by atoms with van der Waals surface area (Å²) in [5, 5.41) is 0. The highest BCUT2D eigenvalue weighted by Crippen LogP contribution is 2.02. The quantitative estimate of drug-likeness (QED) is 0.360. The average molecular weight is 184 g/mol. The first-order valence-corrected chi connectivity index (χ1v) is 4.56. The van der Waals surface area contributed by atoms with Crippen LogP contribution in [0.4, 0.5) is 0 Å². The molecule has 13 heavy (non-hydrogen) atoms. The summed E-state index contributed by atoms with van der Waals surface area (Å²) in [5.74, 6) is 2.04. The van der Waals surface area contributed by atoms with E-state index in [9.17, 15) is 4.79 Å². The third kappa shape index (κ3) is 6.18. The molecule has 0 saturated carbocycles. The van der Waals surface area contributed by atoms with Crippen molar-refractivity contribution in [2.24, 2.45) is 0 Å². The van der Waals surface area contributed by atoms with E-state index in [1.54, 1.807) is 0 Å². The van der Waals surface area contributed by atoms with Gasteiger partial charge >= 0.3 is 5.97 Å². The van der Waals surface area contributed by atoms with E-state index in [1.165, 1.54) is 0 Å². The van der Waals surface area contributed by atoms with Gasteiger partial charge in [-0.1, -0.05) is 26.2 Å². The van der Waals surface area contributed by atoms with Crippen molar-refractivity contribution in [3.63, 3.8) is 0 Å². The van der Waals surface area contributed by atoms with Crippen LogP contribution < -0.4 is 0 Å². The minimum Gasteiger partial charge on any atom is -0.297 e. The van der Waals surface area contributed by atoms with Crippen LogP contribution in [0.5, 0.6) is 0 Å². The second kappa shape index (κ2) is 7.63. The van der Waals surface area contributed by atoms with Crippen molar-refractivity contribution in [3.05, 3.63) is 0 Å². The predicted molar refractivity (Wildman–Crippen MR) is 49.6 cm³/mol. The Kier molecular flexibility index (Phi) is 7.04. The Bertz CT molecular complexity index is 181. The Balaban J connectivity index is 3.60. The number of hydrogen-bond acceptors (Lipinski definition) is 3. The summed E-state index contributed by atoms with van der Waals surface area (Å²) in [4.78, 5) is 20.1. The monoisotopic (exact) mass is 184 g/mol. The molecule has 0 aliphatic heterocycles. The first-order valence-electron chi connectivity index (χ1n) is 4.56. The third-order valence-electron chi connectivity index (χ3n) is 1.45. The van der Waals surface area contributed by atoms with Crippen LogP contribution >= 0.6 is 0 Å². The lowest BCUT2D eigenvalue weighted by molar-refractivity contribution is -0.287. The maximum Gasteiger partial charge on any atom is 0.342 e. The first-order chi connectivity index (χ1) is 6.24. The predicted octanol–water partition coefficient (Wildman–Crippen LogP) is 2.06. The van der Waals surface area contributed by atoms with E-state index in [4.69, 9.17) is 11.3 Å². The van der Waals surface area contributed by atoms with E-state index in [1.807, 2.05) is 13.8 Å². The summed E-state index contributed by atoms with van der Waals surface area (Å²) < 4.78 is 0. The fourth-order valence-electron chi connectivity index (χ4n) is 0.779. The maximum atomic E-state index is 10.9. The Hall–Kier alpha value is -1.01. The minimum atomic E-state index is -0.411. The lowest BCUT2D eigenvalue weighted by atomic mass is 10.2. The van der Waals surface area contributed by atoms with Gasteiger partial charge in [-0.15, -0.1) is 6.42 Å². The minimum absolute atomic E-state index is 0.362. The molecule has 0 rings (SSSR count). The maximum absolute atomic E-state index is 10.9. The fraction of sp³-hybridized carbons (Fsp3) is 0.700. The molecule has 0 amide bonds. The van der Waals surface area contributed by atoms with Gasteiger partial charge in [-0.25, -0.2) is 4.79 Å². The number of carbonyl (C=O) groups is 1. The molecule has 0 radical (unpaired) electrons. The van der Waals surface area contributed by atoms with Crippen molar-refractivity contribution in [3.8, 4) is 12.3 Å². The number of carbonyl (C=O) groups excluding carboxylic acids is 1. The summed E-state index contributed by atoms with van der Waals surface area (Å²) in [6.45, 7) is 3.88. The largest absolute Gasteiger partial charge is 0.342 e. The highest BCUT2D eigenvalue weighted by atomic mass is 17.2. The number of hydrogen-bond donors (Lipinski definition) is 0. The van der Waals surface area contributed by atoms with Gasteiger partial charge in [0.15, 0.2) is 6.10 Å². The molecule has 0 bridgehead atoms. The standard InChI is InChI=1S/C10H16O3/c1-4-7-9(6-3)12-13-10(11)8-5-2/h3,9H,4-5,7-8H2,1-2H3. The van der Waals surface area contributed by atoms with Crippen molar-refractivity contribution >= 4 is 5.97 Å². The molecular formula is C10H16O3. The van der Waals surface area contributed by atoms with E-state index in [-0.39, 0.29) is 5.97 Å². The third-order valence-corrected chi connectivity index (χ3v) is 1.45. The summed E-state index contributed by atoms with van der Waals surface area (Å²) in [6.07, 6.45) is 7.46. The van der Waals surface area contributed by atoms with Crippen LogP contribution in [0.1, 0.15) is 39.5 Å². The van der Waals surface area contributed by atoms with Gasteiger partial charge in [0.1, 0.15) is 0 Å². The van der Waals surface area contributed by atoms with Gasteiger partial charge in [0, 0.05) is 6.42 Å². The van der Waals surface area contributed by atoms with Gasteiger partial charge in [0.25, 0.3) is 0 Å². The summed E-state index contributed by atoms with van der Waals surface area (Å²) in [5.41, 5.74) is 0. The van der Waals surface area contributed by atoms with Gasteiger partial charge < -0.3 is 0 Å². The van der Waals surface area contributed by atoms with E-state index >= 15 is 0 Å². The van der Waals surface area contributed by atoms with E-state index in [2.05, 4.69) is 10.8 Å². The van der Waals surface area contributed by atoms with Crippen LogP contribution in [-0.2, 0) is 14.6 Å². The molecule has 0 aromatic rings. The van der Waals surface area contributed by atoms with Gasteiger partial charge in [0.2, 0.25) is 0 Å². The van der Waals surface area contributed by atoms with Crippen LogP contribution in [-0.4, -0.2) is 12.1 Å². The van der Waals surface area contributed by atoms with Gasteiger partial charge in [-0.2, -0.15) is 4.89 Å². The molecule has 0 aliphatic rings. The van der Waals surface area contributed by atoms with Crippen molar-refractivity contribution in [2.75, 3.05) is 0 Å². The van der Waals surface area contributed by atoms with Crippen molar-refractivity contribution in [2.45, 2.75) is 45.6 Å². The van der Waals surface area contributed by atoms with Gasteiger partial charge in [-0.3, -0.25) is 4.89 Å². The second-order valence-corrected chi connectivity index (χ2v) is 2.75. The van der Waals surface area contributed by atoms with Crippen molar-refractivity contribution < 1.29 is 14.6 Å². The van der Waals surface area contributed by atoms with Gasteiger partial charge in [-0.05, 0) is 12.8 Å². The number of rotatable bonds is 6. The van der Waals surface area contributed by atoms with Gasteiger partial charge in [0.05, 0.1) is 0 Å². The lowest BCUT2D eigenvalue weighted by Crippen LogP contribution is -2.14. The lowest BCUT2D eigenvalue weighted by Gasteiger charge is -2.08. The normalized spacial score (nSPS) is 11.8. The molecule has 0 heterocycles. The number of terminal acetylenes is 1. The van der Waals surface area contributed by atoms with E-state index in [0.717, 1.165) is 12.8 Å². The molecule has 3 nitrogen and oxygen atoms in total. The summed E-state index contributed by atoms with van der Waals surface area (Å²) in [6, 6.07) is 0. The van der Waals surface area contributed by atoms with Crippen LogP contribution in [0.25, 0.3) is 0 Å². The fourth-order valence-corrected chi connectivity index (χ4v) is 0.779. The SMILES string of the molecule is C#CC(CCC)OOC(=O)CCC. The highest BCUT2D eigenvalue weighted by molar-refractivity contribution is 5.68. The van der Waals surface area contributed by atoms with Crippen molar-refractivity contribution in [1.29, 1.82) is 0 Å². The van der Waals surface area contributed by atoms with E-state index in [0.29, 0.717) is 12.8 Å². The molecule has 1 unspecified atom stereocenters. The molecular weight excluding hydrogens is 168 g/mol. The Morgan fingerprint density at radius 3 is 2.62 bits per heavy atom. The Morgan fingerprint density at radius 2 is 2.15 bits per heavy atom. The molecule has 0 N–H and O–H groups in total. The molecule has 0 fully saturated rings. The highest BCUT2D eigenvalue weighted by Gasteiger charge is 2.08. The summed E-state index contributed by atoms with van der Waals surface area (Å²) >= 11 is 0. The topological polar surface area (TPSA) is 35.5 Å². The zero-order valence-electron chi connectivity index (χ0n) is 8.21. The Labute approximate surface area is 79.3 Å². The zero-order chi connectivity index (χ0) is 10.1. The average Bonchev–Trinajstić information content (AvgIpc) is 2.12.